The standard InChI is InChI=1S/C21H28N4O4S/c1-14-7-5-6-8-16(14)13-22-21(26)18-12-17(23-24-18)15-9-10-19(29-4)20(11-15)30(27,28)25(2)3/h5-11,17-18,23-24H,12-13H2,1-4H3,(H,22,26). The predicted molar refractivity (Wildman–Crippen MR) is 114 cm³/mol. The summed E-state index contributed by atoms with van der Waals surface area (Å²) in [6.45, 7) is 2.47. The van der Waals surface area contributed by atoms with Crippen molar-refractivity contribution in [1.29, 1.82) is 0 Å². The summed E-state index contributed by atoms with van der Waals surface area (Å²) in [5.74, 6) is 0.175. The molecule has 9 heteroatoms. The van der Waals surface area contributed by atoms with Crippen LogP contribution in [0.2, 0.25) is 0 Å². The van der Waals surface area contributed by atoms with Crippen LogP contribution in [-0.2, 0) is 21.4 Å². The number of benzene rings is 2. The third-order valence-electron chi connectivity index (χ3n) is 5.28. The number of nitrogens with one attached hydrogen (secondary N) is 3. The summed E-state index contributed by atoms with van der Waals surface area (Å²) in [7, 11) is 0.730. The van der Waals surface area contributed by atoms with Crippen molar-refractivity contribution in [2.45, 2.75) is 36.9 Å². The molecule has 30 heavy (non-hydrogen) atoms. The quantitative estimate of drug-likeness (QED) is 0.613. The number of hydrogen-bond donors (Lipinski definition) is 3. The Morgan fingerprint density at radius 1 is 1.20 bits per heavy atom. The molecule has 0 bridgehead atoms. The van der Waals surface area contributed by atoms with E-state index in [1.165, 1.54) is 21.2 Å². The maximum absolute atomic E-state index is 12.6. The first-order chi connectivity index (χ1) is 14.2. The van der Waals surface area contributed by atoms with Crippen molar-refractivity contribution < 1.29 is 17.9 Å². The van der Waals surface area contributed by atoms with Crippen LogP contribution in [0.3, 0.4) is 0 Å². The molecule has 1 fully saturated rings. The molecule has 0 radical (unpaired) electrons. The lowest BCUT2D eigenvalue weighted by molar-refractivity contribution is -0.123. The maximum atomic E-state index is 12.6. The van der Waals surface area contributed by atoms with E-state index in [9.17, 15) is 13.2 Å². The fraction of sp³-hybridized carbons (Fsp3) is 0.381. The highest BCUT2D eigenvalue weighted by Gasteiger charge is 2.31. The normalized spacial score (nSPS) is 19.1. The van der Waals surface area contributed by atoms with Crippen LogP contribution >= 0.6 is 0 Å². The number of carbonyl (C=O) groups excluding carboxylic acids is 1. The topological polar surface area (TPSA) is 99.8 Å². The Morgan fingerprint density at radius 3 is 2.60 bits per heavy atom. The van der Waals surface area contributed by atoms with Crippen LogP contribution in [0.5, 0.6) is 5.75 Å². The van der Waals surface area contributed by atoms with Crippen LogP contribution in [0.15, 0.2) is 47.4 Å². The SMILES string of the molecule is COc1ccc(C2CC(C(=O)NCc3ccccc3C)NN2)cc1S(=O)(=O)N(C)C. The van der Waals surface area contributed by atoms with Gasteiger partial charge in [-0.1, -0.05) is 30.3 Å². The van der Waals surface area contributed by atoms with Gasteiger partial charge in [0.25, 0.3) is 0 Å². The molecule has 1 amide bonds. The molecule has 1 aliphatic heterocycles. The van der Waals surface area contributed by atoms with Gasteiger partial charge in [-0.3, -0.25) is 4.79 Å². The summed E-state index contributed by atoms with van der Waals surface area (Å²) < 4.78 is 31.7. The van der Waals surface area contributed by atoms with E-state index in [2.05, 4.69) is 16.2 Å². The first kappa shape index (κ1) is 22.2. The van der Waals surface area contributed by atoms with E-state index >= 15 is 0 Å². The Labute approximate surface area is 177 Å². The van der Waals surface area contributed by atoms with E-state index in [1.54, 1.807) is 18.2 Å². The van der Waals surface area contributed by atoms with Gasteiger partial charge in [0.2, 0.25) is 15.9 Å². The van der Waals surface area contributed by atoms with E-state index in [0.717, 1.165) is 21.0 Å². The average Bonchev–Trinajstić information content (AvgIpc) is 3.22. The highest BCUT2D eigenvalue weighted by molar-refractivity contribution is 7.89. The molecule has 2 atom stereocenters. The number of ether oxygens (including phenoxy) is 1. The van der Waals surface area contributed by atoms with Gasteiger partial charge in [0.1, 0.15) is 16.7 Å². The molecular weight excluding hydrogens is 404 g/mol. The molecule has 3 rings (SSSR count). The minimum Gasteiger partial charge on any atom is -0.495 e. The largest absolute Gasteiger partial charge is 0.495 e. The van der Waals surface area contributed by atoms with Gasteiger partial charge in [0.05, 0.1) is 7.11 Å². The summed E-state index contributed by atoms with van der Waals surface area (Å²) in [6, 6.07) is 12.3. The van der Waals surface area contributed by atoms with Crippen molar-refractivity contribution in [3.8, 4) is 5.75 Å². The highest BCUT2D eigenvalue weighted by atomic mass is 32.2. The molecule has 2 unspecified atom stereocenters. The molecule has 0 aromatic heterocycles. The zero-order chi connectivity index (χ0) is 21.9. The number of rotatable bonds is 7. The predicted octanol–water partition coefficient (Wildman–Crippen LogP) is 1.48. The molecule has 0 spiro atoms. The Kier molecular flexibility index (Phi) is 6.77. The van der Waals surface area contributed by atoms with E-state index in [4.69, 9.17) is 4.74 Å². The van der Waals surface area contributed by atoms with Crippen molar-refractivity contribution in [3.05, 3.63) is 59.2 Å². The van der Waals surface area contributed by atoms with Gasteiger partial charge in [0.15, 0.2) is 0 Å². The molecule has 0 saturated carbocycles. The summed E-state index contributed by atoms with van der Waals surface area (Å²) in [6.07, 6.45) is 0.493. The summed E-state index contributed by atoms with van der Waals surface area (Å²) in [4.78, 5) is 12.7. The van der Waals surface area contributed by atoms with Gasteiger partial charge in [-0.15, -0.1) is 0 Å². The number of nitrogens with zero attached hydrogens (tertiary/aromatic N) is 1. The van der Waals surface area contributed by atoms with Gasteiger partial charge in [-0.25, -0.2) is 23.6 Å². The summed E-state index contributed by atoms with van der Waals surface area (Å²) >= 11 is 0. The van der Waals surface area contributed by atoms with Crippen LogP contribution in [-0.4, -0.2) is 45.9 Å². The molecule has 2 aromatic rings. The Bertz CT molecular complexity index is 1020. The number of amides is 1. The van der Waals surface area contributed by atoms with Gasteiger partial charge < -0.3 is 10.1 Å². The molecule has 2 aromatic carbocycles. The number of sulfonamides is 1. The van der Waals surface area contributed by atoms with Crippen LogP contribution in [0.1, 0.15) is 29.2 Å². The highest BCUT2D eigenvalue weighted by Crippen LogP contribution is 2.31. The zero-order valence-corrected chi connectivity index (χ0v) is 18.4. The fourth-order valence-electron chi connectivity index (χ4n) is 3.37. The zero-order valence-electron chi connectivity index (χ0n) is 17.6. The molecule has 1 heterocycles. The second kappa shape index (κ2) is 9.13. The number of aryl methyl sites for hydroxylation is 1. The summed E-state index contributed by atoms with van der Waals surface area (Å²) in [5, 5.41) is 2.96. The van der Waals surface area contributed by atoms with Crippen molar-refractivity contribution >= 4 is 15.9 Å². The van der Waals surface area contributed by atoms with Crippen molar-refractivity contribution in [1.82, 2.24) is 20.5 Å². The minimum atomic E-state index is -3.66. The Hall–Kier alpha value is -2.46. The van der Waals surface area contributed by atoms with Crippen molar-refractivity contribution in [2.75, 3.05) is 21.2 Å². The molecule has 1 saturated heterocycles. The molecule has 162 valence electrons. The molecule has 1 aliphatic rings. The maximum Gasteiger partial charge on any atom is 0.246 e. The molecule has 8 nitrogen and oxygen atoms in total. The Balaban J connectivity index is 1.70. The lowest BCUT2D eigenvalue weighted by atomic mass is 10.0. The first-order valence-electron chi connectivity index (χ1n) is 9.67. The van der Waals surface area contributed by atoms with Crippen molar-refractivity contribution in [3.63, 3.8) is 0 Å². The number of carbonyl (C=O) groups is 1. The summed E-state index contributed by atoms with van der Waals surface area (Å²) in [5.41, 5.74) is 9.07. The van der Waals surface area contributed by atoms with Crippen LogP contribution in [0.4, 0.5) is 0 Å². The van der Waals surface area contributed by atoms with Crippen molar-refractivity contribution in [2.24, 2.45) is 0 Å². The fourth-order valence-corrected chi connectivity index (χ4v) is 4.45. The minimum absolute atomic E-state index is 0.0988. The second-order valence-corrected chi connectivity index (χ2v) is 9.59. The molecule has 3 N–H and O–H groups in total. The lowest BCUT2D eigenvalue weighted by Gasteiger charge is -2.17. The van der Waals surface area contributed by atoms with Gasteiger partial charge in [-0.2, -0.15) is 0 Å². The van der Waals surface area contributed by atoms with Crippen LogP contribution in [0, 0.1) is 6.92 Å². The smallest absolute Gasteiger partial charge is 0.246 e. The third-order valence-corrected chi connectivity index (χ3v) is 7.12. The lowest BCUT2D eigenvalue weighted by Crippen LogP contribution is -2.42. The van der Waals surface area contributed by atoms with E-state index in [1.807, 2.05) is 31.2 Å². The van der Waals surface area contributed by atoms with Gasteiger partial charge in [0, 0.05) is 26.7 Å². The third kappa shape index (κ3) is 4.65. The van der Waals surface area contributed by atoms with Gasteiger partial charge in [-0.05, 0) is 42.2 Å². The van der Waals surface area contributed by atoms with Crippen LogP contribution < -0.4 is 20.9 Å². The van der Waals surface area contributed by atoms with E-state index in [0.29, 0.717) is 13.0 Å². The molecule has 0 aliphatic carbocycles. The number of hydrogen-bond acceptors (Lipinski definition) is 6. The second-order valence-electron chi connectivity index (χ2n) is 7.47. The Morgan fingerprint density at radius 2 is 1.93 bits per heavy atom. The van der Waals surface area contributed by atoms with Gasteiger partial charge >= 0.3 is 0 Å². The first-order valence-corrected chi connectivity index (χ1v) is 11.1. The van der Waals surface area contributed by atoms with Crippen LogP contribution in [0.25, 0.3) is 0 Å². The molecular formula is C21H28N4O4S. The number of hydrazine groups is 1. The number of methoxy groups -OCH3 is 1. The average molecular weight is 433 g/mol. The monoisotopic (exact) mass is 432 g/mol. The van der Waals surface area contributed by atoms with E-state index in [-0.39, 0.29) is 22.6 Å². The van der Waals surface area contributed by atoms with E-state index < -0.39 is 16.1 Å².